The number of hydrogen-bond acceptors (Lipinski definition) is 2. The van der Waals surface area contributed by atoms with E-state index in [1.807, 2.05) is 0 Å². The molecule has 3 N–H and O–H groups in total. The molecule has 0 aromatic rings. The van der Waals surface area contributed by atoms with Gasteiger partial charge in [-0.1, -0.05) is 20.8 Å². The zero-order valence-electron chi connectivity index (χ0n) is 11.7. The number of carbonyl (C=O) groups excluding carboxylic acids is 1. The van der Waals surface area contributed by atoms with Crippen molar-refractivity contribution >= 4 is 11.9 Å². The van der Waals surface area contributed by atoms with E-state index in [0.29, 0.717) is 11.3 Å². The monoisotopic (exact) mass is 295 g/mol. The molecule has 4 nitrogen and oxygen atoms in total. The van der Waals surface area contributed by atoms with Crippen molar-refractivity contribution in [2.45, 2.75) is 39.8 Å². The summed E-state index contributed by atoms with van der Waals surface area (Å²) >= 11 is 0. The lowest BCUT2D eigenvalue weighted by molar-refractivity contribution is -0.192. The third-order valence-corrected chi connectivity index (χ3v) is 4.96. The third kappa shape index (κ3) is 3.07. The SMILES string of the molecule is C[C@@H]1[C@@H](C(N)=O)C[C@H]2C[C@@H]1C2(C)C.O=C(O)C(F)(F)F. The summed E-state index contributed by atoms with van der Waals surface area (Å²) in [5.74, 6) is -0.727. The van der Waals surface area contributed by atoms with Crippen LogP contribution >= 0.6 is 0 Å². The number of amides is 1. The van der Waals surface area contributed by atoms with Crippen molar-refractivity contribution in [1.29, 1.82) is 0 Å². The highest BCUT2D eigenvalue weighted by molar-refractivity contribution is 5.77. The van der Waals surface area contributed by atoms with E-state index < -0.39 is 12.1 Å². The normalized spacial score (nSPS) is 34.3. The standard InChI is InChI=1S/C11H19NO.C2HF3O2/c1-6-8(10(12)13)4-7-5-9(6)11(7,2)3;3-2(4,5)1(6)7/h6-9H,4-5H2,1-3H3,(H2,12,13);(H,6,7)/t6-,7+,8+,9+;/m1./s1. The molecule has 3 fully saturated rings. The van der Waals surface area contributed by atoms with Crippen LogP contribution in [0.2, 0.25) is 0 Å². The van der Waals surface area contributed by atoms with Crippen molar-refractivity contribution in [3.63, 3.8) is 0 Å². The van der Waals surface area contributed by atoms with Crippen molar-refractivity contribution in [1.82, 2.24) is 0 Å². The molecule has 0 aromatic carbocycles. The van der Waals surface area contributed by atoms with Gasteiger partial charge in [0.2, 0.25) is 5.91 Å². The first-order valence-corrected chi connectivity index (χ1v) is 6.48. The third-order valence-electron chi connectivity index (χ3n) is 4.96. The van der Waals surface area contributed by atoms with E-state index in [4.69, 9.17) is 15.6 Å². The Labute approximate surface area is 115 Å². The topological polar surface area (TPSA) is 80.4 Å². The number of fused-ring (bicyclic) bond motifs is 2. The Morgan fingerprint density at radius 1 is 1.25 bits per heavy atom. The fourth-order valence-electron chi connectivity index (χ4n) is 3.53. The Morgan fingerprint density at radius 2 is 1.70 bits per heavy atom. The van der Waals surface area contributed by atoms with Gasteiger partial charge >= 0.3 is 12.1 Å². The lowest BCUT2D eigenvalue weighted by Crippen LogP contribution is -2.57. The molecule has 7 heteroatoms. The Morgan fingerprint density at radius 3 is 1.95 bits per heavy atom. The summed E-state index contributed by atoms with van der Waals surface area (Å²) in [5.41, 5.74) is 5.85. The maximum atomic E-state index is 11.2. The Hall–Kier alpha value is -1.27. The van der Waals surface area contributed by atoms with Crippen LogP contribution in [0.5, 0.6) is 0 Å². The summed E-state index contributed by atoms with van der Waals surface area (Å²) in [5, 5.41) is 7.12. The van der Waals surface area contributed by atoms with Crippen molar-refractivity contribution in [2.24, 2.45) is 34.8 Å². The molecule has 1 amide bonds. The fourth-order valence-corrected chi connectivity index (χ4v) is 3.53. The van der Waals surface area contributed by atoms with E-state index in [1.165, 1.54) is 6.42 Å². The van der Waals surface area contributed by atoms with Crippen LogP contribution in [-0.2, 0) is 9.59 Å². The number of hydrogen-bond donors (Lipinski definition) is 2. The van der Waals surface area contributed by atoms with E-state index in [1.54, 1.807) is 0 Å². The maximum Gasteiger partial charge on any atom is 0.490 e. The van der Waals surface area contributed by atoms with E-state index >= 15 is 0 Å². The van der Waals surface area contributed by atoms with Gasteiger partial charge in [0, 0.05) is 5.92 Å². The number of halogens is 3. The van der Waals surface area contributed by atoms with Gasteiger partial charge in [0.05, 0.1) is 0 Å². The second-order valence-corrected chi connectivity index (χ2v) is 6.27. The summed E-state index contributed by atoms with van der Waals surface area (Å²) in [7, 11) is 0. The highest BCUT2D eigenvalue weighted by Crippen LogP contribution is 2.62. The van der Waals surface area contributed by atoms with Crippen molar-refractivity contribution < 1.29 is 27.9 Å². The lowest BCUT2D eigenvalue weighted by atomic mass is 9.43. The summed E-state index contributed by atoms with van der Waals surface area (Å²) in [6.45, 7) is 6.86. The molecule has 3 aliphatic rings. The number of nitrogens with two attached hydrogens (primary N) is 1. The highest BCUT2D eigenvalue weighted by Gasteiger charge is 2.57. The molecule has 3 rings (SSSR count). The van der Waals surface area contributed by atoms with E-state index in [0.717, 1.165) is 18.3 Å². The molecule has 0 unspecified atom stereocenters. The number of carboxylic acid groups (broad SMARTS) is 1. The highest BCUT2D eigenvalue weighted by atomic mass is 19.4. The zero-order valence-corrected chi connectivity index (χ0v) is 11.7. The maximum absolute atomic E-state index is 11.2. The molecule has 0 aliphatic heterocycles. The predicted octanol–water partition coefficient (Wildman–Crippen LogP) is 2.42. The van der Waals surface area contributed by atoms with Crippen LogP contribution in [-0.4, -0.2) is 23.2 Å². The van der Waals surface area contributed by atoms with Crippen LogP contribution in [0, 0.1) is 29.1 Å². The molecule has 4 atom stereocenters. The number of carboxylic acids is 1. The van der Waals surface area contributed by atoms with Gasteiger partial charge in [-0.3, -0.25) is 4.79 Å². The molecule has 20 heavy (non-hydrogen) atoms. The minimum Gasteiger partial charge on any atom is -0.475 e. The molecule has 0 radical (unpaired) electrons. The first-order valence-electron chi connectivity index (χ1n) is 6.48. The van der Waals surface area contributed by atoms with Crippen LogP contribution in [0.15, 0.2) is 0 Å². The Kier molecular flexibility index (Phi) is 4.41. The number of rotatable bonds is 1. The van der Waals surface area contributed by atoms with E-state index in [9.17, 15) is 18.0 Å². The average Bonchev–Trinajstić information content (AvgIpc) is 2.27. The molecule has 116 valence electrons. The zero-order chi connectivity index (χ0) is 15.9. The molecule has 0 aromatic heterocycles. The molecule has 3 aliphatic carbocycles. The first kappa shape index (κ1) is 16.8. The summed E-state index contributed by atoms with van der Waals surface area (Å²) in [4.78, 5) is 20.1. The average molecular weight is 295 g/mol. The molecule has 0 heterocycles. The largest absolute Gasteiger partial charge is 0.490 e. The van der Waals surface area contributed by atoms with Gasteiger partial charge in [0.1, 0.15) is 0 Å². The Balaban J connectivity index is 0.000000246. The van der Waals surface area contributed by atoms with Crippen molar-refractivity contribution in [3.05, 3.63) is 0 Å². The van der Waals surface area contributed by atoms with Crippen LogP contribution < -0.4 is 5.73 Å². The fraction of sp³-hybridized carbons (Fsp3) is 0.846. The number of alkyl halides is 3. The van der Waals surface area contributed by atoms with Crippen LogP contribution in [0.1, 0.15) is 33.6 Å². The van der Waals surface area contributed by atoms with Gasteiger partial charge in [0.25, 0.3) is 0 Å². The van der Waals surface area contributed by atoms with Gasteiger partial charge in [-0.2, -0.15) is 13.2 Å². The minimum atomic E-state index is -5.08. The molecule has 0 spiro atoms. The van der Waals surface area contributed by atoms with Crippen LogP contribution in [0.3, 0.4) is 0 Å². The van der Waals surface area contributed by atoms with Gasteiger partial charge in [-0.25, -0.2) is 4.79 Å². The first-order chi connectivity index (χ1) is 8.89. The van der Waals surface area contributed by atoms with E-state index in [2.05, 4.69) is 20.8 Å². The van der Waals surface area contributed by atoms with Crippen LogP contribution in [0.25, 0.3) is 0 Å². The molecule has 0 saturated heterocycles. The second-order valence-electron chi connectivity index (χ2n) is 6.27. The summed E-state index contributed by atoms with van der Waals surface area (Å²) < 4.78 is 31.7. The number of carbonyl (C=O) groups is 2. The number of primary amides is 1. The molecular formula is C13H20F3NO3. The van der Waals surface area contributed by atoms with Gasteiger partial charge < -0.3 is 10.8 Å². The van der Waals surface area contributed by atoms with Gasteiger partial charge in [0.15, 0.2) is 0 Å². The predicted molar refractivity (Wildman–Crippen MR) is 65.5 cm³/mol. The molecular weight excluding hydrogens is 275 g/mol. The van der Waals surface area contributed by atoms with Crippen molar-refractivity contribution in [3.8, 4) is 0 Å². The smallest absolute Gasteiger partial charge is 0.475 e. The molecule has 2 bridgehead atoms. The lowest BCUT2D eigenvalue weighted by Gasteiger charge is -2.61. The van der Waals surface area contributed by atoms with Gasteiger partial charge in [-0.05, 0) is 36.0 Å². The molecule has 3 saturated carbocycles. The van der Waals surface area contributed by atoms with Crippen molar-refractivity contribution in [2.75, 3.05) is 0 Å². The second kappa shape index (κ2) is 5.26. The summed E-state index contributed by atoms with van der Waals surface area (Å²) in [6, 6.07) is 0. The van der Waals surface area contributed by atoms with E-state index in [-0.39, 0.29) is 11.8 Å². The van der Waals surface area contributed by atoms with Gasteiger partial charge in [-0.15, -0.1) is 0 Å². The summed E-state index contributed by atoms with van der Waals surface area (Å²) in [6.07, 6.45) is -2.74. The number of aliphatic carboxylic acids is 1. The quantitative estimate of drug-likeness (QED) is 0.779. The Bertz CT molecular complexity index is 406. The minimum absolute atomic E-state index is 0.0855. The van der Waals surface area contributed by atoms with Crippen LogP contribution in [0.4, 0.5) is 13.2 Å².